The summed E-state index contributed by atoms with van der Waals surface area (Å²) in [6, 6.07) is 8.39. The van der Waals surface area contributed by atoms with Crippen LogP contribution in [0.15, 0.2) is 30.3 Å². The molecule has 3 N–H and O–H groups in total. The van der Waals surface area contributed by atoms with Crippen molar-refractivity contribution < 1.29 is 13.6 Å². The number of hydrogen-bond donors (Lipinski definition) is 2. The first-order chi connectivity index (χ1) is 7.59. The molecule has 3 nitrogen and oxygen atoms in total. The monoisotopic (exact) mass is 228 g/mol. The standard InChI is InChI=1S/C11H14F2N2O/c12-10(13)7-15-11(16)9(14)6-8-4-2-1-3-5-8/h1-5,9-10H,6-7,14H2,(H,15,16). The van der Waals surface area contributed by atoms with E-state index in [9.17, 15) is 13.6 Å². The lowest BCUT2D eigenvalue weighted by atomic mass is 10.1. The molecule has 1 rings (SSSR count). The third-order valence-corrected chi connectivity index (χ3v) is 2.07. The Bertz CT molecular complexity index is 330. The molecule has 0 fully saturated rings. The number of carbonyl (C=O) groups excluding carboxylic acids is 1. The summed E-state index contributed by atoms with van der Waals surface area (Å²) in [7, 11) is 0. The fraction of sp³-hybridized carbons (Fsp3) is 0.364. The van der Waals surface area contributed by atoms with Gasteiger partial charge in [0.25, 0.3) is 6.43 Å². The topological polar surface area (TPSA) is 55.1 Å². The van der Waals surface area contributed by atoms with E-state index in [2.05, 4.69) is 5.32 Å². The Morgan fingerprint density at radius 1 is 1.31 bits per heavy atom. The second-order valence-electron chi connectivity index (χ2n) is 3.43. The molecule has 0 heterocycles. The molecule has 1 amide bonds. The summed E-state index contributed by atoms with van der Waals surface area (Å²) < 4.78 is 23.7. The van der Waals surface area contributed by atoms with Crippen LogP contribution in [0.2, 0.25) is 0 Å². The predicted octanol–water partition coefficient (Wildman–Crippen LogP) is 0.938. The van der Waals surface area contributed by atoms with Gasteiger partial charge in [0, 0.05) is 0 Å². The molecule has 1 aromatic carbocycles. The quantitative estimate of drug-likeness (QED) is 0.788. The Balaban J connectivity index is 2.40. The van der Waals surface area contributed by atoms with E-state index in [1.807, 2.05) is 30.3 Å². The summed E-state index contributed by atoms with van der Waals surface area (Å²) in [6.45, 7) is -0.651. The maximum Gasteiger partial charge on any atom is 0.255 e. The first-order valence-corrected chi connectivity index (χ1v) is 4.95. The van der Waals surface area contributed by atoms with Gasteiger partial charge in [0.05, 0.1) is 12.6 Å². The SMILES string of the molecule is NC(Cc1ccccc1)C(=O)NCC(F)F. The van der Waals surface area contributed by atoms with E-state index in [1.165, 1.54) is 0 Å². The van der Waals surface area contributed by atoms with E-state index in [1.54, 1.807) is 0 Å². The van der Waals surface area contributed by atoms with Crippen LogP contribution in [0.1, 0.15) is 5.56 Å². The Labute approximate surface area is 92.6 Å². The van der Waals surface area contributed by atoms with Crippen LogP contribution in [0.25, 0.3) is 0 Å². The smallest absolute Gasteiger partial charge is 0.255 e. The zero-order valence-electron chi connectivity index (χ0n) is 8.70. The van der Waals surface area contributed by atoms with Crippen molar-refractivity contribution in [2.24, 2.45) is 5.73 Å². The zero-order chi connectivity index (χ0) is 12.0. The summed E-state index contributed by atoms with van der Waals surface area (Å²) in [4.78, 5) is 11.3. The lowest BCUT2D eigenvalue weighted by Crippen LogP contribution is -2.43. The van der Waals surface area contributed by atoms with Gasteiger partial charge >= 0.3 is 0 Å². The lowest BCUT2D eigenvalue weighted by Gasteiger charge is -2.11. The average molecular weight is 228 g/mol. The summed E-state index contributed by atoms with van der Waals surface area (Å²) in [5.74, 6) is -0.552. The third kappa shape index (κ3) is 4.35. The Hall–Kier alpha value is -1.49. The largest absolute Gasteiger partial charge is 0.349 e. The van der Waals surface area contributed by atoms with Crippen LogP contribution in [0.4, 0.5) is 8.78 Å². The molecule has 0 aliphatic carbocycles. The molecule has 88 valence electrons. The first kappa shape index (κ1) is 12.6. The van der Waals surface area contributed by atoms with Crippen molar-refractivity contribution in [2.75, 3.05) is 6.54 Å². The van der Waals surface area contributed by atoms with Crippen molar-refractivity contribution in [1.29, 1.82) is 0 Å². The molecule has 0 saturated carbocycles. The van der Waals surface area contributed by atoms with Gasteiger partial charge in [0.1, 0.15) is 0 Å². The highest BCUT2D eigenvalue weighted by molar-refractivity contribution is 5.81. The Morgan fingerprint density at radius 2 is 1.94 bits per heavy atom. The summed E-state index contributed by atoms with van der Waals surface area (Å²) in [5, 5.41) is 2.09. The average Bonchev–Trinajstić information content (AvgIpc) is 2.27. The van der Waals surface area contributed by atoms with E-state index >= 15 is 0 Å². The molecule has 0 radical (unpaired) electrons. The summed E-state index contributed by atoms with van der Waals surface area (Å²) in [6.07, 6.45) is -2.21. The van der Waals surface area contributed by atoms with Gasteiger partial charge in [-0.3, -0.25) is 4.79 Å². The van der Waals surface area contributed by atoms with Gasteiger partial charge in [-0.1, -0.05) is 30.3 Å². The van der Waals surface area contributed by atoms with Crippen molar-refractivity contribution in [1.82, 2.24) is 5.32 Å². The minimum atomic E-state index is -2.55. The van der Waals surface area contributed by atoms with Crippen LogP contribution < -0.4 is 11.1 Å². The molecule has 1 unspecified atom stereocenters. The maximum atomic E-state index is 11.8. The van der Waals surface area contributed by atoms with Gasteiger partial charge in [0.15, 0.2) is 0 Å². The first-order valence-electron chi connectivity index (χ1n) is 4.95. The molecule has 0 aliphatic rings. The van der Waals surface area contributed by atoms with Crippen LogP contribution in [0, 0.1) is 0 Å². The van der Waals surface area contributed by atoms with Crippen molar-refractivity contribution >= 4 is 5.91 Å². The van der Waals surface area contributed by atoms with E-state index < -0.39 is 24.9 Å². The van der Waals surface area contributed by atoms with Crippen LogP contribution in [0.3, 0.4) is 0 Å². The number of carbonyl (C=O) groups is 1. The number of halogens is 2. The maximum absolute atomic E-state index is 11.8. The summed E-state index contributed by atoms with van der Waals surface area (Å²) >= 11 is 0. The number of benzene rings is 1. The predicted molar refractivity (Wildman–Crippen MR) is 57.1 cm³/mol. The minimum Gasteiger partial charge on any atom is -0.349 e. The van der Waals surface area contributed by atoms with E-state index in [0.29, 0.717) is 6.42 Å². The van der Waals surface area contributed by atoms with Crippen LogP contribution in [-0.4, -0.2) is 24.9 Å². The number of hydrogen-bond acceptors (Lipinski definition) is 2. The highest BCUT2D eigenvalue weighted by Gasteiger charge is 2.15. The molecule has 0 spiro atoms. The van der Waals surface area contributed by atoms with Crippen molar-refractivity contribution in [2.45, 2.75) is 18.9 Å². The van der Waals surface area contributed by atoms with E-state index in [0.717, 1.165) is 5.56 Å². The second-order valence-corrected chi connectivity index (χ2v) is 3.43. The van der Waals surface area contributed by atoms with Gasteiger partial charge in [-0.25, -0.2) is 8.78 Å². The molecule has 5 heteroatoms. The van der Waals surface area contributed by atoms with E-state index in [4.69, 9.17) is 5.73 Å². The third-order valence-electron chi connectivity index (χ3n) is 2.07. The molecule has 0 bridgehead atoms. The zero-order valence-corrected chi connectivity index (χ0v) is 8.70. The summed E-state index contributed by atoms with van der Waals surface area (Å²) in [5.41, 5.74) is 6.48. The Morgan fingerprint density at radius 3 is 2.50 bits per heavy atom. The Kier molecular flexibility index (Phi) is 4.85. The lowest BCUT2D eigenvalue weighted by molar-refractivity contribution is -0.122. The number of amides is 1. The molecular formula is C11H14F2N2O. The van der Waals surface area contributed by atoms with Gasteiger partial charge in [-0.2, -0.15) is 0 Å². The van der Waals surface area contributed by atoms with E-state index in [-0.39, 0.29) is 0 Å². The van der Waals surface area contributed by atoms with Gasteiger partial charge in [-0.15, -0.1) is 0 Å². The van der Waals surface area contributed by atoms with Crippen molar-refractivity contribution in [3.63, 3.8) is 0 Å². The molecule has 1 aromatic rings. The van der Waals surface area contributed by atoms with Gasteiger partial charge < -0.3 is 11.1 Å². The number of rotatable bonds is 5. The molecular weight excluding hydrogens is 214 g/mol. The van der Waals surface area contributed by atoms with Crippen molar-refractivity contribution in [3.05, 3.63) is 35.9 Å². The van der Waals surface area contributed by atoms with Crippen molar-refractivity contribution in [3.8, 4) is 0 Å². The normalized spacial score (nSPS) is 12.5. The van der Waals surface area contributed by atoms with Crippen LogP contribution >= 0.6 is 0 Å². The highest BCUT2D eigenvalue weighted by atomic mass is 19.3. The minimum absolute atomic E-state index is 0.343. The number of alkyl halides is 2. The van der Waals surface area contributed by atoms with Crippen LogP contribution in [0.5, 0.6) is 0 Å². The second kappa shape index (κ2) is 6.17. The van der Waals surface area contributed by atoms with Crippen LogP contribution in [-0.2, 0) is 11.2 Å². The molecule has 0 saturated heterocycles. The highest BCUT2D eigenvalue weighted by Crippen LogP contribution is 2.01. The molecule has 0 aliphatic heterocycles. The number of nitrogens with two attached hydrogens (primary N) is 1. The fourth-order valence-electron chi connectivity index (χ4n) is 1.27. The number of nitrogens with one attached hydrogen (secondary N) is 1. The molecule has 1 atom stereocenters. The molecule has 0 aromatic heterocycles. The van der Waals surface area contributed by atoms with Gasteiger partial charge in [0.2, 0.25) is 5.91 Å². The van der Waals surface area contributed by atoms with Gasteiger partial charge in [-0.05, 0) is 12.0 Å². The fourth-order valence-corrected chi connectivity index (χ4v) is 1.27. The molecule has 16 heavy (non-hydrogen) atoms.